The Hall–Kier alpha value is -1.73. The van der Waals surface area contributed by atoms with Crippen molar-refractivity contribution in [3.8, 4) is 0 Å². The average molecular weight is 1330 g/mol. The lowest BCUT2D eigenvalue weighted by Gasteiger charge is -2.50. The molecule has 8 unspecified atom stereocenters. The van der Waals surface area contributed by atoms with Crippen LogP contribution in [0.15, 0.2) is 0 Å². The normalized spacial score (nSPS) is 34.7. The molecular weight excluding hydrogens is 1220 g/mol. The summed E-state index contributed by atoms with van der Waals surface area (Å²) in [6.07, 6.45) is -23.2. The molecule has 0 saturated carbocycles. The fourth-order valence-electron chi connectivity index (χ4n) is 10.0. The van der Waals surface area contributed by atoms with Crippen molar-refractivity contribution >= 4 is 6.41 Å². The molecule has 0 aromatic rings. The smallest absolute Gasteiger partial charge is 0.209 e. The molecule has 4 saturated heterocycles. The highest BCUT2D eigenvalue weighted by Crippen LogP contribution is 2.37. The zero-order valence-corrected chi connectivity index (χ0v) is 56.6. The zero-order valence-electron chi connectivity index (χ0n) is 56.6. The number of aliphatic hydroxyl groups excluding tert-OH is 8. The maximum atomic E-state index is 10.3. The van der Waals surface area contributed by atoms with Gasteiger partial charge in [-0.05, 0) is 55.4 Å². The van der Waals surface area contributed by atoms with Crippen molar-refractivity contribution in [2.24, 2.45) is 0 Å². The van der Waals surface area contributed by atoms with E-state index in [2.05, 4.69) is 0 Å². The molecule has 91 heavy (non-hydrogen) atoms. The molecule has 0 radical (unpaired) electrons. The molecular formula is C59H115NO31. The minimum absolute atomic E-state index is 0.0553. The molecule has 4 aliphatic heterocycles. The van der Waals surface area contributed by atoms with Gasteiger partial charge in [0, 0.05) is 71.0 Å². The predicted octanol–water partition coefficient (Wildman–Crippen LogP) is -2.62. The largest absolute Gasteiger partial charge is 0.391 e. The molecule has 542 valence electrons. The summed E-state index contributed by atoms with van der Waals surface area (Å²) in [5.74, 6) is 0. The monoisotopic (exact) mass is 1330 g/mol. The Balaban J connectivity index is 0.000000655. The Morgan fingerprint density at radius 1 is 0.319 bits per heavy atom. The van der Waals surface area contributed by atoms with Crippen LogP contribution in [0.25, 0.3) is 0 Å². The number of hydrogen-bond acceptors (Lipinski definition) is 31. The van der Waals surface area contributed by atoms with Crippen LogP contribution in [0.4, 0.5) is 0 Å². The Morgan fingerprint density at radius 2 is 0.593 bits per heavy atom. The van der Waals surface area contributed by atoms with E-state index in [0.717, 1.165) is 6.41 Å². The van der Waals surface area contributed by atoms with Crippen molar-refractivity contribution in [3.05, 3.63) is 0 Å². The maximum Gasteiger partial charge on any atom is 0.209 e. The Morgan fingerprint density at radius 3 is 0.967 bits per heavy atom. The van der Waals surface area contributed by atoms with E-state index < -0.39 is 172 Å². The van der Waals surface area contributed by atoms with Gasteiger partial charge in [0.05, 0.1) is 128 Å². The lowest BCUT2D eigenvalue weighted by atomic mass is 9.95. The topological polar surface area (TPSA) is 385 Å². The van der Waals surface area contributed by atoms with Crippen LogP contribution in [-0.2, 0) is 109 Å². The zero-order chi connectivity index (χ0) is 68.5. The third kappa shape index (κ3) is 29.9. The number of carbonyl (C=O) groups is 1. The summed E-state index contributed by atoms with van der Waals surface area (Å²) < 4.78 is 131. The van der Waals surface area contributed by atoms with E-state index in [-0.39, 0.29) is 79.3 Å². The Bertz CT molecular complexity index is 1800. The fourth-order valence-corrected chi connectivity index (χ4v) is 10.0. The van der Waals surface area contributed by atoms with E-state index in [1.165, 1.54) is 46.4 Å². The molecule has 0 bridgehead atoms. The molecule has 0 aliphatic carbocycles. The fraction of sp³-hybridized carbons (Fsp3) is 0.983. The number of rotatable bonds is 41. The number of ether oxygens (including phenoxy) is 22. The summed E-state index contributed by atoms with van der Waals surface area (Å²) in [6, 6.07) is 0. The van der Waals surface area contributed by atoms with Crippen molar-refractivity contribution in [2.75, 3.05) is 150 Å². The van der Waals surface area contributed by atoms with E-state index in [4.69, 9.17) is 104 Å². The van der Waals surface area contributed by atoms with Crippen molar-refractivity contribution in [2.45, 2.75) is 227 Å². The van der Waals surface area contributed by atoms with Gasteiger partial charge in [-0.2, -0.15) is 0 Å². The molecule has 0 aromatic heterocycles. The molecule has 1 amide bonds. The van der Waals surface area contributed by atoms with Gasteiger partial charge >= 0.3 is 0 Å². The van der Waals surface area contributed by atoms with Gasteiger partial charge in [-0.3, -0.25) is 4.79 Å². The van der Waals surface area contributed by atoms with Crippen LogP contribution in [-0.4, -0.2) is 374 Å². The van der Waals surface area contributed by atoms with Crippen LogP contribution >= 0.6 is 0 Å². The van der Waals surface area contributed by atoms with Gasteiger partial charge in [0.15, 0.2) is 25.2 Å². The Labute approximate surface area is 537 Å². The Kier molecular flexibility index (Phi) is 43.6. The van der Waals surface area contributed by atoms with Crippen LogP contribution in [0.2, 0.25) is 0 Å². The predicted molar refractivity (Wildman–Crippen MR) is 319 cm³/mol. The molecule has 32 nitrogen and oxygen atoms in total. The molecule has 0 aromatic carbocycles. The van der Waals surface area contributed by atoms with Gasteiger partial charge in [-0.25, -0.2) is 0 Å². The standard InChI is InChI=1S/C36H70O19.C20H38O11.C3H7NO/c1-19(37)9-45-17-27-29(47-11-21(3)39)31(48-12-22(4)40)34(51-15-25(7)43)36(54-27)55-30-28(18-46-10-20(2)38)53-35(52-16-26(8)44)33(50-14-24(6)42)32(30)49-13-23(5)41;1-21-9-11-13(23-3)15(24-4)18(27-7)20(30-11)31-14-12(10-22-2)29-19(28-8)17(26-6)16(14)25-5;1-4(2)3-5/h19-44H,9-18H2,1-8H3;11-20H,9-10H2,1-8H3;3H,1-2H3/t19?,20?,21?,22?,23?,24?,25?,26?,27-,28-,29-,30-,31+,32+,33-,34-,35-,36+;11-,12-,13-,14-,15+,16+,17-,18-,19-,20+;/m11./s1. The van der Waals surface area contributed by atoms with Crippen molar-refractivity contribution in [1.82, 2.24) is 4.90 Å². The van der Waals surface area contributed by atoms with E-state index in [9.17, 15) is 45.6 Å². The highest BCUT2D eigenvalue weighted by Gasteiger charge is 2.56. The molecule has 32 heteroatoms. The van der Waals surface area contributed by atoms with E-state index in [1.54, 1.807) is 84.8 Å². The first-order valence-electron chi connectivity index (χ1n) is 30.7. The molecule has 0 spiro atoms. The van der Waals surface area contributed by atoms with Crippen LogP contribution in [0.1, 0.15) is 55.4 Å². The maximum absolute atomic E-state index is 10.3. The van der Waals surface area contributed by atoms with Gasteiger partial charge in [-0.15, -0.1) is 0 Å². The van der Waals surface area contributed by atoms with Gasteiger partial charge in [0.1, 0.15) is 97.7 Å². The third-order valence-corrected chi connectivity index (χ3v) is 13.8. The summed E-state index contributed by atoms with van der Waals surface area (Å²) in [4.78, 5) is 10.9. The first-order valence-corrected chi connectivity index (χ1v) is 30.7. The average Bonchev–Trinajstić information content (AvgIpc) is 1.03. The summed E-state index contributed by atoms with van der Waals surface area (Å²) in [5, 5.41) is 81.2. The summed E-state index contributed by atoms with van der Waals surface area (Å²) in [6.45, 7) is 11.2. The number of methoxy groups -OCH3 is 8. The number of amides is 1. The van der Waals surface area contributed by atoms with Crippen molar-refractivity contribution in [3.63, 3.8) is 0 Å². The first kappa shape index (κ1) is 85.4. The highest BCUT2D eigenvalue weighted by molar-refractivity contribution is 5.45. The number of nitrogens with zero attached hydrogens (tertiary/aromatic N) is 1. The minimum Gasteiger partial charge on any atom is -0.391 e. The second kappa shape index (κ2) is 46.5. The molecule has 4 heterocycles. The summed E-state index contributed by atoms with van der Waals surface area (Å²) >= 11 is 0. The molecule has 8 N–H and O–H groups in total. The molecule has 28 atom stereocenters. The summed E-state index contributed by atoms with van der Waals surface area (Å²) in [7, 11) is 16.0. The van der Waals surface area contributed by atoms with Crippen molar-refractivity contribution < 1.29 is 150 Å². The number of aliphatic hydroxyl groups is 8. The van der Waals surface area contributed by atoms with E-state index in [0.29, 0.717) is 0 Å². The molecule has 4 fully saturated rings. The SMILES string of the molecule is CC(O)COC[C@H]1O[C@@H](O[C@H]2[C@H](OCC(C)O)[C@@H](OCC(C)O)[C@H](OCC(C)O)O[C@@H]2COCC(C)O)[C@H](OCC(C)O)[C@@H](OCC(C)O)[C@@H]1OCC(C)O.CN(C)C=O.COC[C@H]1O[C@@H](O[C@H]2[C@H](OC)[C@@H](OC)[C@H](OC)O[C@@H]2COC)[C@H](OC)[C@@H](OC)[C@@H]1OC. The van der Waals surface area contributed by atoms with Gasteiger partial charge in [0.2, 0.25) is 6.41 Å². The van der Waals surface area contributed by atoms with E-state index >= 15 is 0 Å². The minimum atomic E-state index is -1.39. The van der Waals surface area contributed by atoms with Gasteiger partial charge in [0.25, 0.3) is 0 Å². The van der Waals surface area contributed by atoms with Crippen LogP contribution in [0.5, 0.6) is 0 Å². The highest BCUT2D eigenvalue weighted by atomic mass is 16.8. The molecule has 4 aliphatic rings. The summed E-state index contributed by atoms with van der Waals surface area (Å²) in [5.41, 5.74) is 0. The quantitative estimate of drug-likeness (QED) is 0.0291. The second-order valence-electron chi connectivity index (χ2n) is 23.3. The molecule has 4 rings (SSSR count). The van der Waals surface area contributed by atoms with Crippen LogP contribution in [0.3, 0.4) is 0 Å². The first-order chi connectivity index (χ1) is 43.2. The lowest BCUT2D eigenvalue weighted by molar-refractivity contribution is -0.377. The number of carbonyl (C=O) groups excluding carboxylic acids is 1. The second-order valence-corrected chi connectivity index (χ2v) is 23.3. The van der Waals surface area contributed by atoms with E-state index in [1.807, 2.05) is 0 Å². The number of hydrogen-bond donors (Lipinski definition) is 8. The van der Waals surface area contributed by atoms with Crippen LogP contribution in [0, 0.1) is 0 Å². The van der Waals surface area contributed by atoms with Crippen molar-refractivity contribution in [1.29, 1.82) is 0 Å². The van der Waals surface area contributed by atoms with Gasteiger partial charge in [-0.1, -0.05) is 0 Å². The third-order valence-electron chi connectivity index (χ3n) is 13.8. The van der Waals surface area contributed by atoms with Crippen LogP contribution < -0.4 is 0 Å². The lowest BCUT2D eigenvalue weighted by Crippen LogP contribution is -2.67. The van der Waals surface area contributed by atoms with Gasteiger partial charge < -0.3 is 150 Å².